The number of carbonyl (C=O) groups excluding carboxylic acids is 2. The van der Waals surface area contributed by atoms with Gasteiger partial charge in [-0.25, -0.2) is 9.78 Å². The standard InChI is InChI=1S/C21H21N5O3/c1-2-12-22-21(29)25-16-9-7-15(8-10-16)24-19(27)11-13-26-14-23-18-6-4-3-5-17(18)20(26)28/h2-10,14H,1,11-13H2,(H,24,27)(H2,22,25,29). The van der Waals surface area contributed by atoms with Crippen LogP contribution in [0, 0.1) is 0 Å². The van der Waals surface area contributed by atoms with E-state index in [0.717, 1.165) is 0 Å². The van der Waals surface area contributed by atoms with E-state index in [9.17, 15) is 14.4 Å². The third-order valence-corrected chi connectivity index (χ3v) is 4.14. The van der Waals surface area contributed by atoms with Crippen LogP contribution in [0.5, 0.6) is 0 Å². The summed E-state index contributed by atoms with van der Waals surface area (Å²) in [6.07, 6.45) is 3.17. The van der Waals surface area contributed by atoms with Gasteiger partial charge in [-0.15, -0.1) is 6.58 Å². The summed E-state index contributed by atoms with van der Waals surface area (Å²) in [5.74, 6) is -0.227. The van der Waals surface area contributed by atoms with Gasteiger partial charge >= 0.3 is 6.03 Å². The number of benzene rings is 2. The maximum absolute atomic E-state index is 12.4. The highest BCUT2D eigenvalue weighted by atomic mass is 16.2. The van der Waals surface area contributed by atoms with Crippen molar-refractivity contribution in [3.05, 3.63) is 77.9 Å². The van der Waals surface area contributed by atoms with Crippen LogP contribution in [0.15, 0.2) is 72.3 Å². The average molecular weight is 391 g/mol. The highest BCUT2D eigenvalue weighted by Gasteiger charge is 2.07. The molecule has 3 aromatic rings. The van der Waals surface area contributed by atoms with Gasteiger partial charge in [-0.2, -0.15) is 0 Å². The second-order valence-corrected chi connectivity index (χ2v) is 6.26. The minimum Gasteiger partial charge on any atom is -0.334 e. The Hall–Kier alpha value is -3.94. The Morgan fingerprint density at radius 3 is 2.45 bits per heavy atom. The van der Waals surface area contributed by atoms with E-state index in [4.69, 9.17) is 0 Å². The minimum atomic E-state index is -0.337. The maximum atomic E-state index is 12.4. The van der Waals surface area contributed by atoms with E-state index in [2.05, 4.69) is 27.5 Å². The quantitative estimate of drug-likeness (QED) is 0.539. The lowest BCUT2D eigenvalue weighted by Crippen LogP contribution is -2.28. The third kappa shape index (κ3) is 5.29. The fraction of sp³-hybridized carbons (Fsp3) is 0.143. The van der Waals surface area contributed by atoms with Crippen molar-refractivity contribution in [1.82, 2.24) is 14.9 Å². The number of amides is 3. The molecule has 0 saturated heterocycles. The van der Waals surface area contributed by atoms with Gasteiger partial charge in [-0.1, -0.05) is 18.2 Å². The number of hydrogen-bond acceptors (Lipinski definition) is 4. The summed E-state index contributed by atoms with van der Waals surface area (Å²) >= 11 is 0. The van der Waals surface area contributed by atoms with Crippen LogP contribution in [-0.2, 0) is 11.3 Å². The van der Waals surface area contributed by atoms with Crippen molar-refractivity contribution < 1.29 is 9.59 Å². The molecule has 0 spiro atoms. The number of rotatable bonds is 7. The molecule has 0 atom stereocenters. The second kappa shape index (κ2) is 9.32. The number of anilines is 2. The zero-order valence-corrected chi connectivity index (χ0v) is 15.7. The van der Waals surface area contributed by atoms with E-state index < -0.39 is 0 Å². The Morgan fingerprint density at radius 2 is 1.72 bits per heavy atom. The Labute approximate surface area is 167 Å². The van der Waals surface area contributed by atoms with E-state index in [0.29, 0.717) is 28.8 Å². The summed E-state index contributed by atoms with van der Waals surface area (Å²) in [5, 5.41) is 8.56. The molecular formula is C21H21N5O3. The third-order valence-electron chi connectivity index (χ3n) is 4.14. The molecule has 1 aromatic heterocycles. The number of hydrogen-bond donors (Lipinski definition) is 3. The first-order chi connectivity index (χ1) is 14.1. The molecule has 0 fully saturated rings. The molecule has 3 rings (SSSR count). The van der Waals surface area contributed by atoms with Gasteiger partial charge in [0.15, 0.2) is 0 Å². The molecule has 2 aromatic carbocycles. The molecular weight excluding hydrogens is 370 g/mol. The van der Waals surface area contributed by atoms with E-state index in [1.807, 2.05) is 6.07 Å². The van der Waals surface area contributed by atoms with Crippen molar-refractivity contribution in [3.8, 4) is 0 Å². The van der Waals surface area contributed by atoms with Gasteiger partial charge in [0.2, 0.25) is 5.91 Å². The smallest absolute Gasteiger partial charge is 0.319 e. The lowest BCUT2D eigenvalue weighted by molar-refractivity contribution is -0.116. The first kappa shape index (κ1) is 19.8. The molecule has 0 aliphatic carbocycles. The number of urea groups is 1. The van der Waals surface area contributed by atoms with E-state index in [1.165, 1.54) is 10.9 Å². The molecule has 29 heavy (non-hydrogen) atoms. The molecule has 8 heteroatoms. The Kier molecular flexibility index (Phi) is 6.36. The highest BCUT2D eigenvalue weighted by molar-refractivity contribution is 5.92. The van der Waals surface area contributed by atoms with Crippen molar-refractivity contribution >= 4 is 34.2 Å². The first-order valence-corrected chi connectivity index (χ1v) is 9.06. The largest absolute Gasteiger partial charge is 0.334 e. The van der Waals surface area contributed by atoms with Gasteiger partial charge in [-0.3, -0.25) is 14.2 Å². The van der Waals surface area contributed by atoms with Crippen molar-refractivity contribution in [2.45, 2.75) is 13.0 Å². The number of nitrogens with zero attached hydrogens (tertiary/aromatic N) is 2. The zero-order valence-electron chi connectivity index (χ0n) is 15.7. The Bertz CT molecular complexity index is 1090. The van der Waals surface area contributed by atoms with Gasteiger partial charge < -0.3 is 16.0 Å². The second-order valence-electron chi connectivity index (χ2n) is 6.26. The fourth-order valence-corrected chi connectivity index (χ4v) is 2.69. The molecule has 1 heterocycles. The Balaban J connectivity index is 1.54. The van der Waals surface area contributed by atoms with Crippen LogP contribution in [0.25, 0.3) is 10.9 Å². The number of fused-ring (bicyclic) bond motifs is 1. The SMILES string of the molecule is C=CCNC(=O)Nc1ccc(NC(=O)CCn2cnc3ccccc3c2=O)cc1. The number of nitrogens with one attached hydrogen (secondary N) is 3. The van der Waals surface area contributed by atoms with Gasteiger partial charge in [-0.05, 0) is 36.4 Å². The molecule has 3 N–H and O–H groups in total. The average Bonchev–Trinajstić information content (AvgIpc) is 2.73. The van der Waals surface area contributed by atoms with Crippen LogP contribution in [0.2, 0.25) is 0 Å². The fourth-order valence-electron chi connectivity index (χ4n) is 2.69. The van der Waals surface area contributed by atoms with Crippen LogP contribution >= 0.6 is 0 Å². The van der Waals surface area contributed by atoms with Crippen molar-refractivity contribution in [3.63, 3.8) is 0 Å². The summed E-state index contributed by atoms with van der Waals surface area (Å²) in [6, 6.07) is 13.5. The van der Waals surface area contributed by atoms with Crippen molar-refractivity contribution in [2.24, 2.45) is 0 Å². The monoisotopic (exact) mass is 391 g/mol. The minimum absolute atomic E-state index is 0.129. The molecule has 0 radical (unpaired) electrons. The predicted octanol–water partition coefficient (Wildman–Crippen LogP) is 2.73. The summed E-state index contributed by atoms with van der Waals surface area (Å²) < 4.78 is 1.43. The molecule has 0 aliphatic heterocycles. The van der Waals surface area contributed by atoms with Crippen LogP contribution in [0.3, 0.4) is 0 Å². The van der Waals surface area contributed by atoms with Crippen molar-refractivity contribution in [2.75, 3.05) is 17.2 Å². The van der Waals surface area contributed by atoms with Gasteiger partial charge in [0, 0.05) is 30.9 Å². The molecule has 3 amide bonds. The summed E-state index contributed by atoms with van der Waals surface area (Å²) in [4.78, 5) is 40.5. The topological polar surface area (TPSA) is 105 Å². The molecule has 0 bridgehead atoms. The highest BCUT2D eigenvalue weighted by Crippen LogP contribution is 2.14. The molecule has 0 unspecified atom stereocenters. The summed E-state index contributed by atoms with van der Waals surface area (Å²) in [5.41, 5.74) is 1.65. The van der Waals surface area contributed by atoms with Crippen LogP contribution in [-0.4, -0.2) is 28.0 Å². The van der Waals surface area contributed by atoms with Gasteiger partial charge in [0.25, 0.3) is 5.56 Å². The summed E-state index contributed by atoms with van der Waals surface area (Å²) in [7, 11) is 0. The van der Waals surface area contributed by atoms with Crippen LogP contribution in [0.4, 0.5) is 16.2 Å². The molecule has 148 valence electrons. The van der Waals surface area contributed by atoms with Crippen LogP contribution < -0.4 is 21.5 Å². The van der Waals surface area contributed by atoms with Crippen molar-refractivity contribution in [1.29, 1.82) is 0 Å². The van der Waals surface area contributed by atoms with Crippen LogP contribution in [0.1, 0.15) is 6.42 Å². The molecule has 0 aliphatic rings. The lowest BCUT2D eigenvalue weighted by atomic mass is 10.2. The number of para-hydroxylation sites is 1. The zero-order chi connectivity index (χ0) is 20.6. The predicted molar refractivity (Wildman–Crippen MR) is 113 cm³/mol. The van der Waals surface area contributed by atoms with Gasteiger partial charge in [0.1, 0.15) is 0 Å². The number of aryl methyl sites for hydroxylation is 1. The maximum Gasteiger partial charge on any atom is 0.319 e. The number of aromatic nitrogens is 2. The Morgan fingerprint density at radius 1 is 1.03 bits per heavy atom. The summed E-state index contributed by atoms with van der Waals surface area (Å²) in [6.45, 7) is 4.12. The lowest BCUT2D eigenvalue weighted by Gasteiger charge is -2.09. The molecule has 0 saturated carbocycles. The van der Waals surface area contributed by atoms with E-state index >= 15 is 0 Å². The van der Waals surface area contributed by atoms with E-state index in [1.54, 1.807) is 48.5 Å². The first-order valence-electron chi connectivity index (χ1n) is 9.06. The van der Waals surface area contributed by atoms with Gasteiger partial charge in [0.05, 0.1) is 17.2 Å². The molecule has 8 nitrogen and oxygen atoms in total. The normalized spacial score (nSPS) is 10.3. The van der Waals surface area contributed by atoms with E-state index in [-0.39, 0.29) is 30.5 Å². The number of carbonyl (C=O) groups is 2.